The standard InChI is InChI=1S/C7H14N2S/c1-6(10-4)5-9-7(2)8-3/h5H,1-4H3,(H,8,9)/b6-5+. The number of nitrogens with zero attached hydrogens (tertiary/aromatic N) is 1. The molecule has 2 nitrogen and oxygen atoms in total. The Morgan fingerprint density at radius 2 is 2.10 bits per heavy atom. The summed E-state index contributed by atoms with van der Waals surface area (Å²) in [6.07, 6.45) is 3.90. The molecule has 1 N–H and O–H groups in total. The first-order chi connectivity index (χ1) is 4.70. The third-order valence-electron chi connectivity index (χ3n) is 1.12. The lowest BCUT2D eigenvalue weighted by Crippen LogP contribution is -2.12. The minimum absolute atomic E-state index is 0.938. The van der Waals surface area contributed by atoms with Gasteiger partial charge >= 0.3 is 0 Å². The summed E-state index contributed by atoms with van der Waals surface area (Å²) in [5, 5.41) is 2.94. The molecule has 0 aromatic carbocycles. The Balaban J connectivity index is 3.91. The second-order valence-corrected chi connectivity index (χ2v) is 2.96. The molecule has 0 bridgehead atoms. The average molecular weight is 158 g/mol. The fraction of sp³-hybridized carbons (Fsp3) is 0.571. The summed E-state index contributed by atoms with van der Waals surface area (Å²) in [5.74, 6) is 0.938. The van der Waals surface area contributed by atoms with E-state index < -0.39 is 0 Å². The molecule has 10 heavy (non-hydrogen) atoms. The molecular weight excluding hydrogens is 144 g/mol. The van der Waals surface area contributed by atoms with Gasteiger partial charge in [0.2, 0.25) is 0 Å². The van der Waals surface area contributed by atoms with E-state index in [4.69, 9.17) is 0 Å². The Morgan fingerprint density at radius 1 is 1.50 bits per heavy atom. The zero-order chi connectivity index (χ0) is 7.98. The molecule has 0 heterocycles. The Bertz CT molecular complexity index is 132. The monoisotopic (exact) mass is 158 g/mol. The zero-order valence-electron chi connectivity index (χ0n) is 6.93. The third-order valence-corrected chi connectivity index (χ3v) is 1.87. The van der Waals surface area contributed by atoms with Gasteiger partial charge in [-0.1, -0.05) is 0 Å². The Morgan fingerprint density at radius 3 is 2.50 bits per heavy atom. The van der Waals surface area contributed by atoms with Gasteiger partial charge in [-0.2, -0.15) is 0 Å². The maximum atomic E-state index is 4.14. The molecule has 3 heteroatoms. The van der Waals surface area contributed by atoms with E-state index in [0.29, 0.717) is 0 Å². The molecule has 0 aromatic rings. The molecule has 0 amide bonds. The van der Waals surface area contributed by atoms with Crippen LogP contribution in [0.3, 0.4) is 0 Å². The minimum Gasteiger partial charge on any atom is -0.377 e. The van der Waals surface area contributed by atoms with Gasteiger partial charge in [-0.25, -0.2) is 4.99 Å². The van der Waals surface area contributed by atoms with Gasteiger partial charge in [-0.15, -0.1) is 11.8 Å². The van der Waals surface area contributed by atoms with E-state index in [-0.39, 0.29) is 0 Å². The van der Waals surface area contributed by atoms with Crippen LogP contribution < -0.4 is 5.32 Å². The molecule has 0 aromatic heterocycles. The van der Waals surface area contributed by atoms with Gasteiger partial charge in [-0.3, -0.25) is 0 Å². The molecule has 0 aliphatic heterocycles. The fourth-order valence-corrected chi connectivity index (χ4v) is 0.463. The number of allylic oxidation sites excluding steroid dienone is 1. The summed E-state index contributed by atoms with van der Waals surface area (Å²) in [7, 11) is 1.86. The molecule has 0 rings (SSSR count). The largest absolute Gasteiger partial charge is 0.377 e. The molecule has 0 spiro atoms. The maximum absolute atomic E-state index is 4.14. The number of hydrogen-bond donors (Lipinski definition) is 1. The number of aliphatic imine (C=N–C) groups is 1. The van der Waals surface area contributed by atoms with E-state index in [1.54, 1.807) is 11.8 Å². The minimum atomic E-state index is 0.938. The van der Waals surface area contributed by atoms with Crippen molar-refractivity contribution >= 4 is 17.6 Å². The van der Waals surface area contributed by atoms with E-state index in [0.717, 1.165) is 5.84 Å². The highest BCUT2D eigenvalue weighted by molar-refractivity contribution is 8.02. The van der Waals surface area contributed by atoms with Crippen LogP contribution in [0.2, 0.25) is 0 Å². The molecule has 0 atom stereocenters. The first-order valence-corrected chi connectivity index (χ1v) is 4.36. The van der Waals surface area contributed by atoms with Gasteiger partial charge in [0, 0.05) is 13.2 Å². The van der Waals surface area contributed by atoms with Crippen LogP contribution in [0.15, 0.2) is 16.1 Å². The van der Waals surface area contributed by atoms with Crippen molar-refractivity contribution < 1.29 is 0 Å². The molecule has 0 aliphatic rings. The Hall–Kier alpha value is -0.440. The van der Waals surface area contributed by atoms with Crippen molar-refractivity contribution in [2.24, 2.45) is 4.99 Å². The van der Waals surface area contributed by atoms with Gasteiger partial charge in [-0.05, 0) is 25.0 Å². The van der Waals surface area contributed by atoms with Crippen LogP contribution in [0.5, 0.6) is 0 Å². The first-order valence-electron chi connectivity index (χ1n) is 3.13. The predicted octanol–water partition coefficient (Wildman–Crippen LogP) is 1.85. The number of rotatable bonds is 2. The molecule has 0 saturated heterocycles. The van der Waals surface area contributed by atoms with Gasteiger partial charge in [0.25, 0.3) is 0 Å². The smallest absolute Gasteiger partial charge is 0.0981 e. The third kappa shape index (κ3) is 4.44. The molecule has 0 unspecified atom stereocenters. The molecule has 0 fully saturated rings. The lowest BCUT2D eigenvalue weighted by Gasteiger charge is -1.94. The highest BCUT2D eigenvalue weighted by Gasteiger charge is 1.82. The van der Waals surface area contributed by atoms with Gasteiger partial charge in [0.1, 0.15) is 0 Å². The highest BCUT2D eigenvalue weighted by Crippen LogP contribution is 2.08. The lowest BCUT2D eigenvalue weighted by molar-refractivity contribution is 1.15. The number of nitrogens with one attached hydrogen (secondary N) is 1. The van der Waals surface area contributed by atoms with Crippen molar-refractivity contribution in [3.63, 3.8) is 0 Å². The summed E-state index contributed by atoms with van der Waals surface area (Å²) in [6.45, 7) is 3.97. The molecule has 58 valence electrons. The van der Waals surface area contributed by atoms with Crippen LogP contribution in [0.1, 0.15) is 13.8 Å². The van der Waals surface area contributed by atoms with Crippen LogP contribution in [0.4, 0.5) is 0 Å². The van der Waals surface area contributed by atoms with Crippen molar-refractivity contribution in [2.75, 3.05) is 13.3 Å². The van der Waals surface area contributed by atoms with Crippen molar-refractivity contribution in [1.82, 2.24) is 5.32 Å². The quantitative estimate of drug-likeness (QED) is 0.490. The Kier molecular flexibility index (Phi) is 5.12. The van der Waals surface area contributed by atoms with Gasteiger partial charge < -0.3 is 5.32 Å². The molecule has 0 saturated carbocycles. The predicted molar refractivity (Wildman–Crippen MR) is 49.4 cm³/mol. The summed E-state index contributed by atoms with van der Waals surface area (Å²) in [6, 6.07) is 0. The maximum Gasteiger partial charge on any atom is 0.0981 e. The van der Waals surface area contributed by atoms with E-state index in [2.05, 4.69) is 10.3 Å². The number of hydrogen-bond acceptors (Lipinski definition) is 2. The molecule has 0 radical (unpaired) electrons. The second kappa shape index (κ2) is 5.35. The van der Waals surface area contributed by atoms with Crippen molar-refractivity contribution in [3.05, 3.63) is 11.1 Å². The summed E-state index contributed by atoms with van der Waals surface area (Å²) >= 11 is 1.70. The average Bonchev–Trinajstić information content (AvgIpc) is 1.99. The van der Waals surface area contributed by atoms with E-state index in [9.17, 15) is 0 Å². The first kappa shape index (κ1) is 9.56. The lowest BCUT2D eigenvalue weighted by atomic mass is 10.6. The zero-order valence-corrected chi connectivity index (χ0v) is 7.75. The molecular formula is C7H14N2S. The van der Waals surface area contributed by atoms with Gasteiger partial charge in [0.05, 0.1) is 5.84 Å². The number of thioether (sulfide) groups is 1. The van der Waals surface area contributed by atoms with Crippen LogP contribution in [-0.4, -0.2) is 19.1 Å². The SMILES string of the molecule is CN/C(C)=N\C=C(/C)SC. The molecule has 0 aliphatic carbocycles. The van der Waals surface area contributed by atoms with Gasteiger partial charge in [0.15, 0.2) is 0 Å². The van der Waals surface area contributed by atoms with Crippen molar-refractivity contribution in [2.45, 2.75) is 13.8 Å². The summed E-state index contributed by atoms with van der Waals surface area (Å²) < 4.78 is 0. The highest BCUT2D eigenvalue weighted by atomic mass is 32.2. The second-order valence-electron chi connectivity index (χ2n) is 1.91. The summed E-state index contributed by atoms with van der Waals surface area (Å²) in [4.78, 5) is 5.35. The van der Waals surface area contributed by atoms with Crippen molar-refractivity contribution in [1.29, 1.82) is 0 Å². The fourth-order valence-electron chi connectivity index (χ4n) is 0.305. The van der Waals surface area contributed by atoms with E-state index in [1.807, 2.05) is 33.4 Å². The van der Waals surface area contributed by atoms with Crippen LogP contribution in [0.25, 0.3) is 0 Å². The van der Waals surface area contributed by atoms with Crippen molar-refractivity contribution in [3.8, 4) is 0 Å². The Labute approximate surface area is 66.8 Å². The van der Waals surface area contributed by atoms with Crippen LogP contribution in [-0.2, 0) is 0 Å². The normalized spacial score (nSPS) is 13.6. The topological polar surface area (TPSA) is 24.4 Å². The summed E-state index contributed by atoms with van der Waals surface area (Å²) in [5.41, 5.74) is 0. The van der Waals surface area contributed by atoms with Crippen LogP contribution in [0, 0.1) is 0 Å². The van der Waals surface area contributed by atoms with Crippen LogP contribution >= 0.6 is 11.8 Å². The number of amidine groups is 1. The van der Waals surface area contributed by atoms with E-state index in [1.165, 1.54) is 4.91 Å². The van der Waals surface area contributed by atoms with E-state index >= 15 is 0 Å².